The van der Waals surface area contributed by atoms with Crippen LogP contribution in [0, 0.1) is 5.82 Å². The zero-order valence-electron chi connectivity index (χ0n) is 17.8. The second kappa shape index (κ2) is 8.59. The Hall–Kier alpha value is -2.45. The minimum Gasteiger partial charge on any atom is -0.491 e. The standard InChI is InChI=1S/C23H27FN2O4S/c1-16-15-30-22-10-7-17(13-26(20-8-9-20)31(2,28)29)11-19(22)14-25(16)23(27)12-18-5-3-4-6-21(18)24/h3-7,10-11,16,20H,8-9,12-15H2,1-2H3/t16-/m0/s1. The largest absolute Gasteiger partial charge is 0.491 e. The van der Waals surface area contributed by atoms with E-state index in [4.69, 9.17) is 4.74 Å². The third-order valence-corrected chi connectivity index (χ3v) is 7.10. The first kappa shape index (κ1) is 21.8. The van der Waals surface area contributed by atoms with Gasteiger partial charge in [-0.25, -0.2) is 12.8 Å². The molecule has 166 valence electrons. The Kier molecular flexibility index (Phi) is 6.03. The maximum Gasteiger partial charge on any atom is 0.227 e. The summed E-state index contributed by atoms with van der Waals surface area (Å²) in [5.41, 5.74) is 2.05. The molecule has 6 nitrogen and oxygen atoms in total. The molecule has 0 bridgehead atoms. The fraction of sp³-hybridized carbons (Fsp3) is 0.435. The number of hydrogen-bond donors (Lipinski definition) is 0. The number of fused-ring (bicyclic) bond motifs is 1. The molecule has 1 fully saturated rings. The molecule has 4 rings (SSSR count). The van der Waals surface area contributed by atoms with Crippen LogP contribution in [0.3, 0.4) is 0 Å². The smallest absolute Gasteiger partial charge is 0.227 e. The number of ether oxygens (including phenoxy) is 1. The molecule has 1 atom stereocenters. The van der Waals surface area contributed by atoms with Gasteiger partial charge in [0.25, 0.3) is 0 Å². The van der Waals surface area contributed by atoms with Crippen molar-refractivity contribution in [3.63, 3.8) is 0 Å². The normalized spacial score (nSPS) is 19.0. The van der Waals surface area contributed by atoms with E-state index in [1.807, 2.05) is 25.1 Å². The molecule has 0 N–H and O–H groups in total. The fourth-order valence-electron chi connectivity index (χ4n) is 3.94. The van der Waals surface area contributed by atoms with Gasteiger partial charge in [-0.2, -0.15) is 4.31 Å². The van der Waals surface area contributed by atoms with Crippen LogP contribution >= 0.6 is 0 Å². The number of carbonyl (C=O) groups is 1. The fourth-order valence-corrected chi connectivity index (χ4v) is 5.07. The van der Waals surface area contributed by atoms with E-state index >= 15 is 0 Å². The Labute approximate surface area is 182 Å². The minimum absolute atomic E-state index is 0.0183. The SMILES string of the molecule is C[C@H]1COc2ccc(CN(C3CC3)S(C)(=O)=O)cc2CN1C(=O)Cc1ccccc1F. The average molecular weight is 447 g/mol. The Morgan fingerprint density at radius 2 is 1.97 bits per heavy atom. The van der Waals surface area contributed by atoms with E-state index in [1.165, 1.54) is 16.6 Å². The van der Waals surface area contributed by atoms with E-state index < -0.39 is 15.8 Å². The molecule has 31 heavy (non-hydrogen) atoms. The summed E-state index contributed by atoms with van der Waals surface area (Å²) in [5.74, 6) is 0.127. The molecular formula is C23H27FN2O4S. The molecule has 8 heteroatoms. The van der Waals surface area contributed by atoms with Crippen LogP contribution in [0.4, 0.5) is 4.39 Å². The number of benzene rings is 2. The van der Waals surface area contributed by atoms with Gasteiger partial charge in [0.1, 0.15) is 18.2 Å². The van der Waals surface area contributed by atoms with Crippen molar-refractivity contribution >= 4 is 15.9 Å². The predicted molar refractivity (Wildman–Crippen MR) is 115 cm³/mol. The molecule has 2 aliphatic rings. The van der Waals surface area contributed by atoms with Crippen LogP contribution in [0.5, 0.6) is 5.75 Å². The molecule has 1 amide bonds. The van der Waals surface area contributed by atoms with E-state index in [9.17, 15) is 17.6 Å². The monoisotopic (exact) mass is 446 g/mol. The number of halogens is 1. The van der Waals surface area contributed by atoms with Crippen molar-refractivity contribution in [2.45, 2.75) is 51.4 Å². The summed E-state index contributed by atoms with van der Waals surface area (Å²) in [6.45, 7) is 2.88. The lowest BCUT2D eigenvalue weighted by Crippen LogP contribution is -2.40. The van der Waals surface area contributed by atoms with E-state index in [1.54, 1.807) is 23.1 Å². The Bertz CT molecular complexity index is 1080. The summed E-state index contributed by atoms with van der Waals surface area (Å²) in [6.07, 6.45) is 2.99. The molecule has 2 aromatic carbocycles. The van der Waals surface area contributed by atoms with E-state index in [0.29, 0.717) is 31.0 Å². The van der Waals surface area contributed by atoms with Gasteiger partial charge in [-0.1, -0.05) is 24.3 Å². The van der Waals surface area contributed by atoms with Crippen molar-refractivity contribution in [2.24, 2.45) is 0 Å². The predicted octanol–water partition coefficient (Wildman–Crippen LogP) is 3.10. The number of rotatable bonds is 6. The highest BCUT2D eigenvalue weighted by Gasteiger charge is 2.35. The van der Waals surface area contributed by atoms with Gasteiger partial charge in [0.15, 0.2) is 0 Å². The summed E-state index contributed by atoms with van der Waals surface area (Å²) in [5, 5.41) is 0. The van der Waals surface area contributed by atoms with Gasteiger partial charge in [0.05, 0.1) is 18.7 Å². The van der Waals surface area contributed by atoms with E-state index in [0.717, 1.165) is 24.0 Å². The lowest BCUT2D eigenvalue weighted by molar-refractivity contribution is -0.133. The number of hydrogen-bond acceptors (Lipinski definition) is 4. The summed E-state index contributed by atoms with van der Waals surface area (Å²) >= 11 is 0. The van der Waals surface area contributed by atoms with E-state index in [-0.39, 0.29) is 24.4 Å². The van der Waals surface area contributed by atoms with Crippen LogP contribution < -0.4 is 4.74 Å². The molecule has 0 aromatic heterocycles. The van der Waals surface area contributed by atoms with Crippen LogP contribution in [0.15, 0.2) is 42.5 Å². The van der Waals surface area contributed by atoms with Crippen molar-refractivity contribution in [1.82, 2.24) is 9.21 Å². The summed E-state index contributed by atoms with van der Waals surface area (Å²) < 4.78 is 45.8. The highest BCUT2D eigenvalue weighted by atomic mass is 32.2. The number of amides is 1. The van der Waals surface area contributed by atoms with Gasteiger partial charge < -0.3 is 9.64 Å². The number of carbonyl (C=O) groups excluding carboxylic acids is 1. The van der Waals surface area contributed by atoms with Crippen LogP contribution in [-0.4, -0.2) is 48.5 Å². The quantitative estimate of drug-likeness (QED) is 0.684. The number of nitrogens with zero attached hydrogens (tertiary/aromatic N) is 2. The van der Waals surface area contributed by atoms with E-state index in [2.05, 4.69) is 0 Å². The van der Waals surface area contributed by atoms with Gasteiger partial charge in [0.2, 0.25) is 15.9 Å². The zero-order chi connectivity index (χ0) is 22.2. The average Bonchev–Trinajstić information content (AvgIpc) is 3.55. The van der Waals surface area contributed by atoms with Gasteiger partial charge in [0, 0.05) is 24.7 Å². The van der Waals surface area contributed by atoms with Crippen LogP contribution in [-0.2, 0) is 34.3 Å². The zero-order valence-corrected chi connectivity index (χ0v) is 18.6. The van der Waals surface area contributed by atoms with Gasteiger partial charge in [-0.15, -0.1) is 0 Å². The lowest BCUT2D eigenvalue weighted by Gasteiger charge is -2.26. The van der Waals surface area contributed by atoms with Crippen LogP contribution in [0.2, 0.25) is 0 Å². The van der Waals surface area contributed by atoms with Crippen molar-refractivity contribution in [2.75, 3.05) is 12.9 Å². The molecule has 0 saturated heterocycles. The van der Waals surface area contributed by atoms with Crippen LogP contribution in [0.1, 0.15) is 36.5 Å². The molecular weight excluding hydrogens is 419 g/mol. The van der Waals surface area contributed by atoms with Crippen molar-refractivity contribution < 1.29 is 22.3 Å². The van der Waals surface area contributed by atoms with Crippen LogP contribution in [0.25, 0.3) is 0 Å². The molecule has 0 unspecified atom stereocenters. The molecule has 1 aliphatic heterocycles. The molecule has 1 saturated carbocycles. The van der Waals surface area contributed by atoms with Crippen molar-refractivity contribution in [3.8, 4) is 5.75 Å². The van der Waals surface area contributed by atoms with Crippen molar-refractivity contribution in [3.05, 3.63) is 65.0 Å². The second-order valence-corrected chi connectivity index (χ2v) is 10.4. The molecule has 1 aliphatic carbocycles. The maximum absolute atomic E-state index is 14.0. The third kappa shape index (κ3) is 5.07. The molecule has 1 heterocycles. The molecule has 0 radical (unpaired) electrons. The Morgan fingerprint density at radius 1 is 1.23 bits per heavy atom. The summed E-state index contributed by atoms with van der Waals surface area (Å²) in [7, 11) is -3.30. The lowest BCUT2D eigenvalue weighted by atomic mass is 10.1. The topological polar surface area (TPSA) is 66.9 Å². The first-order chi connectivity index (χ1) is 14.7. The molecule has 2 aromatic rings. The van der Waals surface area contributed by atoms with Gasteiger partial charge >= 0.3 is 0 Å². The van der Waals surface area contributed by atoms with Gasteiger partial charge in [-0.3, -0.25) is 4.79 Å². The second-order valence-electron chi connectivity index (χ2n) is 8.43. The maximum atomic E-state index is 14.0. The first-order valence-electron chi connectivity index (χ1n) is 10.5. The minimum atomic E-state index is -3.30. The number of sulfonamides is 1. The van der Waals surface area contributed by atoms with Gasteiger partial charge in [-0.05, 0) is 49.1 Å². The Morgan fingerprint density at radius 3 is 2.65 bits per heavy atom. The molecule has 0 spiro atoms. The van der Waals surface area contributed by atoms with Crippen molar-refractivity contribution in [1.29, 1.82) is 0 Å². The highest BCUT2D eigenvalue weighted by molar-refractivity contribution is 7.88. The summed E-state index contributed by atoms with van der Waals surface area (Å²) in [4.78, 5) is 14.7. The first-order valence-corrected chi connectivity index (χ1v) is 12.3. The Balaban J connectivity index is 1.55. The third-order valence-electron chi connectivity index (χ3n) is 5.82. The highest BCUT2D eigenvalue weighted by Crippen LogP contribution is 2.32. The summed E-state index contributed by atoms with van der Waals surface area (Å²) in [6, 6.07) is 11.8.